The van der Waals surface area contributed by atoms with Crippen LogP contribution in [0.3, 0.4) is 0 Å². The van der Waals surface area contributed by atoms with Crippen molar-refractivity contribution in [3.05, 3.63) is 42.2 Å². The van der Waals surface area contributed by atoms with Gasteiger partial charge in [-0.1, -0.05) is 17.3 Å². The van der Waals surface area contributed by atoms with Gasteiger partial charge in [-0.15, -0.1) is 5.10 Å². The van der Waals surface area contributed by atoms with E-state index in [0.717, 1.165) is 49.1 Å². The average molecular weight is 437 g/mol. The third-order valence-electron chi connectivity index (χ3n) is 5.68. The Hall–Kier alpha value is -3.21. The van der Waals surface area contributed by atoms with E-state index in [9.17, 15) is 0 Å². The minimum atomic E-state index is 0.302. The lowest BCUT2D eigenvalue weighted by Gasteiger charge is -2.26. The van der Waals surface area contributed by atoms with E-state index in [2.05, 4.69) is 25.6 Å². The lowest BCUT2D eigenvalue weighted by Crippen LogP contribution is -2.79. The molecule has 1 aliphatic carbocycles. The minimum absolute atomic E-state index is 0.302. The zero-order valence-electron chi connectivity index (χ0n) is 18.2. The first-order chi connectivity index (χ1) is 15.7. The first kappa shape index (κ1) is 22.0. The van der Waals surface area contributed by atoms with E-state index in [-0.39, 0.29) is 0 Å². The number of methoxy groups -OCH3 is 1. The van der Waals surface area contributed by atoms with Gasteiger partial charge in [0.15, 0.2) is 11.2 Å². The third kappa shape index (κ3) is 5.16. The van der Waals surface area contributed by atoms with Gasteiger partial charge in [0.25, 0.3) is 0 Å². The second-order valence-corrected chi connectivity index (χ2v) is 7.99. The Morgan fingerprint density at radius 1 is 1.28 bits per heavy atom. The molecular formula is C22H30N9O+. The van der Waals surface area contributed by atoms with Crippen molar-refractivity contribution in [3.63, 3.8) is 0 Å². The third-order valence-corrected chi connectivity index (χ3v) is 5.68. The number of fused-ring (bicyclic) bond motifs is 1. The molecule has 0 unspecified atom stereocenters. The fraction of sp³-hybridized carbons (Fsp3) is 0.409. The fourth-order valence-corrected chi connectivity index (χ4v) is 3.84. The highest BCUT2D eigenvalue weighted by molar-refractivity contribution is 6.07. The molecule has 1 fully saturated rings. The quantitative estimate of drug-likeness (QED) is 0.290. The molecule has 32 heavy (non-hydrogen) atoms. The van der Waals surface area contributed by atoms with Gasteiger partial charge in [0.1, 0.15) is 12.7 Å². The second kappa shape index (κ2) is 10.4. The number of hydrogen-bond donors (Lipinski definition) is 4. The van der Waals surface area contributed by atoms with Crippen LogP contribution in [-0.4, -0.2) is 63.5 Å². The number of aromatic nitrogens is 5. The molecule has 4 rings (SSSR count). The lowest BCUT2D eigenvalue weighted by molar-refractivity contribution is -0.588. The van der Waals surface area contributed by atoms with Crippen molar-refractivity contribution in [3.8, 4) is 5.69 Å². The van der Waals surface area contributed by atoms with Crippen molar-refractivity contribution in [1.82, 2.24) is 25.0 Å². The van der Waals surface area contributed by atoms with Crippen LogP contribution in [0.15, 0.2) is 36.7 Å². The summed E-state index contributed by atoms with van der Waals surface area (Å²) in [7, 11) is 1.68. The van der Waals surface area contributed by atoms with Gasteiger partial charge in [-0.2, -0.15) is 9.67 Å². The number of allylic oxidation sites excluding steroid dienone is 1. The van der Waals surface area contributed by atoms with Gasteiger partial charge in [0, 0.05) is 25.4 Å². The van der Waals surface area contributed by atoms with Gasteiger partial charge < -0.3 is 26.5 Å². The van der Waals surface area contributed by atoms with Crippen LogP contribution in [0.25, 0.3) is 22.4 Å². The molecule has 0 saturated heterocycles. The highest BCUT2D eigenvalue weighted by Crippen LogP contribution is 2.22. The van der Waals surface area contributed by atoms with Crippen molar-refractivity contribution in [2.24, 2.45) is 5.73 Å². The summed E-state index contributed by atoms with van der Waals surface area (Å²) in [5, 5.41) is 21.6. The maximum absolute atomic E-state index is 7.72. The van der Waals surface area contributed by atoms with Crippen LogP contribution >= 0.6 is 0 Å². The largest absolute Gasteiger partial charge is 0.379 e. The molecule has 2 heterocycles. The first-order valence-electron chi connectivity index (χ1n) is 10.9. The zero-order valence-corrected chi connectivity index (χ0v) is 18.2. The monoisotopic (exact) mass is 436 g/mol. The molecular weight excluding hydrogens is 406 g/mol. The molecule has 0 spiro atoms. The normalized spacial score (nSPS) is 19.2. The van der Waals surface area contributed by atoms with Crippen molar-refractivity contribution < 1.29 is 10.1 Å². The predicted octanol–water partition coefficient (Wildman–Crippen LogP) is 1.09. The molecule has 0 amide bonds. The number of benzene rings is 1. The van der Waals surface area contributed by atoms with Gasteiger partial charge in [0.05, 0.1) is 24.1 Å². The van der Waals surface area contributed by atoms with Crippen LogP contribution in [0.4, 0.5) is 5.95 Å². The topological polar surface area (TPSA) is 144 Å². The number of hydrogen-bond acceptors (Lipinski definition) is 8. The summed E-state index contributed by atoms with van der Waals surface area (Å²) in [4.78, 5) is 9.08. The van der Waals surface area contributed by atoms with Crippen molar-refractivity contribution >= 4 is 28.9 Å². The average Bonchev–Trinajstić information content (AvgIpc) is 3.24. The van der Waals surface area contributed by atoms with Crippen LogP contribution in [0.5, 0.6) is 0 Å². The predicted molar refractivity (Wildman–Crippen MR) is 124 cm³/mol. The number of nitrogens with one attached hydrogen (secondary N) is 2. The molecule has 168 valence electrons. The first-order valence-corrected chi connectivity index (χ1v) is 10.9. The molecule has 0 radical (unpaired) electrons. The minimum Gasteiger partial charge on any atom is -0.379 e. The molecule has 10 nitrogen and oxygen atoms in total. The second-order valence-electron chi connectivity index (χ2n) is 7.99. The van der Waals surface area contributed by atoms with Crippen LogP contribution in [0, 0.1) is 5.41 Å². The van der Waals surface area contributed by atoms with Crippen molar-refractivity contribution in [2.45, 2.75) is 37.8 Å². The van der Waals surface area contributed by atoms with E-state index in [1.807, 2.05) is 35.8 Å². The number of anilines is 1. The summed E-state index contributed by atoms with van der Waals surface area (Å²) in [6.07, 6.45) is 9.06. The van der Waals surface area contributed by atoms with Gasteiger partial charge >= 0.3 is 0 Å². The van der Waals surface area contributed by atoms with E-state index < -0.39 is 0 Å². The summed E-state index contributed by atoms with van der Waals surface area (Å²) in [5.41, 5.74) is 9.92. The molecule has 0 atom stereocenters. The van der Waals surface area contributed by atoms with Crippen molar-refractivity contribution in [2.75, 3.05) is 25.6 Å². The summed E-state index contributed by atoms with van der Waals surface area (Å²) in [6, 6.07) is 8.48. The number of nitrogens with zero attached hydrogens (tertiary/aromatic N) is 5. The molecule has 10 heteroatoms. The molecule has 1 saturated carbocycles. The Bertz CT molecular complexity index is 1070. The highest BCUT2D eigenvalue weighted by Gasteiger charge is 2.19. The van der Waals surface area contributed by atoms with Gasteiger partial charge in [-0.25, -0.2) is 4.98 Å². The van der Waals surface area contributed by atoms with Gasteiger partial charge in [-0.3, -0.25) is 0 Å². The number of nitrogens with two attached hydrogens (primary N) is 2. The molecule has 1 aromatic carbocycles. The number of ether oxygens (including phenoxy) is 1. The Kier molecular flexibility index (Phi) is 7.15. The van der Waals surface area contributed by atoms with Crippen LogP contribution < -0.4 is 16.4 Å². The standard InChI is InChI=1S/C22H29N9O/c1-32-11-10-25-13-16(12-23)15-2-8-19(9-3-15)31-21-20(29-30-31)14-26-22(28-21)27-18-6-4-17(24)5-7-18/h2-3,8-9,12-14,17-18,23,25H,4-7,10-11,24H2,1H3,(H,26,27,28)/p+1. The molecule has 2 aromatic heterocycles. The molecule has 0 bridgehead atoms. The van der Waals surface area contributed by atoms with Gasteiger partial charge in [-0.05, 0) is 43.4 Å². The fourth-order valence-electron chi connectivity index (χ4n) is 3.84. The molecule has 3 aromatic rings. The zero-order chi connectivity index (χ0) is 22.3. The van der Waals surface area contributed by atoms with Crippen LogP contribution in [-0.2, 0) is 4.74 Å². The summed E-state index contributed by atoms with van der Waals surface area (Å²) in [5.74, 6) is 0.582. The SMILES string of the molecule is COCC[NH2+]C=C(C=N)c1ccc(-n2nnc3cnc(NC4CCC(N)CC4)nc32)cc1. The summed E-state index contributed by atoms with van der Waals surface area (Å²) < 4.78 is 6.77. The van der Waals surface area contributed by atoms with E-state index in [0.29, 0.717) is 35.8 Å². The van der Waals surface area contributed by atoms with E-state index in [1.54, 1.807) is 18.0 Å². The number of rotatable bonds is 9. The Morgan fingerprint density at radius 3 is 2.78 bits per heavy atom. The van der Waals surface area contributed by atoms with Crippen molar-refractivity contribution in [1.29, 1.82) is 5.41 Å². The molecule has 0 aliphatic heterocycles. The Morgan fingerprint density at radius 2 is 2.06 bits per heavy atom. The highest BCUT2D eigenvalue weighted by atomic mass is 16.5. The summed E-state index contributed by atoms with van der Waals surface area (Å²) in [6.45, 7) is 1.47. The molecule has 6 N–H and O–H groups in total. The lowest BCUT2D eigenvalue weighted by atomic mass is 9.92. The maximum Gasteiger partial charge on any atom is 0.225 e. The van der Waals surface area contributed by atoms with E-state index in [4.69, 9.17) is 15.9 Å². The maximum atomic E-state index is 7.72. The Balaban J connectivity index is 1.52. The summed E-state index contributed by atoms with van der Waals surface area (Å²) >= 11 is 0. The molecule has 1 aliphatic rings. The number of quaternary nitrogens is 1. The Labute approximate surface area is 186 Å². The van der Waals surface area contributed by atoms with E-state index in [1.165, 1.54) is 6.21 Å². The van der Waals surface area contributed by atoms with E-state index >= 15 is 0 Å². The van der Waals surface area contributed by atoms with Crippen LogP contribution in [0.2, 0.25) is 0 Å². The van der Waals surface area contributed by atoms with Gasteiger partial charge in [0.2, 0.25) is 5.95 Å². The smallest absolute Gasteiger partial charge is 0.225 e. The van der Waals surface area contributed by atoms with Crippen LogP contribution in [0.1, 0.15) is 31.2 Å².